The van der Waals surface area contributed by atoms with Crippen LogP contribution in [0.1, 0.15) is 17.4 Å². The summed E-state index contributed by atoms with van der Waals surface area (Å²) in [5.41, 5.74) is 1.52. The highest BCUT2D eigenvalue weighted by molar-refractivity contribution is 7.92. The Morgan fingerprint density at radius 1 is 1.03 bits per heavy atom. The van der Waals surface area contributed by atoms with Crippen LogP contribution in [0.4, 0.5) is 11.4 Å². The molecule has 10 heteroatoms. The molecule has 0 aliphatic carbocycles. The lowest BCUT2D eigenvalue weighted by molar-refractivity contribution is 0.102. The number of ether oxygens (including phenoxy) is 1. The summed E-state index contributed by atoms with van der Waals surface area (Å²) in [6, 6.07) is 22.3. The maximum atomic E-state index is 13.4. The van der Waals surface area contributed by atoms with Crippen LogP contribution in [0.3, 0.4) is 0 Å². The number of amides is 1. The molecule has 0 unspecified atom stereocenters. The number of anilines is 2. The van der Waals surface area contributed by atoms with Crippen LogP contribution in [-0.4, -0.2) is 43.0 Å². The zero-order valence-corrected chi connectivity index (χ0v) is 19.4. The van der Waals surface area contributed by atoms with E-state index >= 15 is 0 Å². The van der Waals surface area contributed by atoms with E-state index in [2.05, 4.69) is 15.5 Å². The summed E-state index contributed by atoms with van der Waals surface area (Å²) in [4.78, 5) is 14.2. The van der Waals surface area contributed by atoms with Crippen molar-refractivity contribution in [3.8, 4) is 11.4 Å². The van der Waals surface area contributed by atoms with Crippen LogP contribution in [0.5, 0.6) is 5.75 Å². The van der Waals surface area contributed by atoms with E-state index in [1.807, 2.05) is 36.4 Å². The number of carbonyl (C=O) groups is 1. The molecule has 0 spiro atoms. The van der Waals surface area contributed by atoms with Gasteiger partial charge in [0.1, 0.15) is 5.75 Å². The Balaban J connectivity index is 1.63. The molecule has 0 bridgehead atoms. The minimum absolute atomic E-state index is 0.0160. The number of hydrogen-bond donors (Lipinski definition) is 1. The van der Waals surface area contributed by atoms with Crippen LogP contribution in [0.25, 0.3) is 5.69 Å². The number of nitrogens with zero attached hydrogens (tertiary/aromatic N) is 4. The molecule has 1 amide bonds. The first-order valence-corrected chi connectivity index (χ1v) is 11.9. The van der Waals surface area contributed by atoms with Gasteiger partial charge < -0.3 is 10.1 Å². The Kier molecular flexibility index (Phi) is 6.60. The number of carbonyl (C=O) groups excluding carboxylic acids is 1. The normalized spacial score (nSPS) is 11.1. The standard InChI is InChI=1S/C24H23N5O4S/c1-3-28(18-10-6-4-7-11-18)34(31,32)20-14-15-23(33-2)21(16-20)26-24(30)22-17-25-29(27-22)19-12-8-5-9-13-19/h4-17H,3H2,1-2H3,(H,26,30). The number of methoxy groups -OCH3 is 1. The molecular formula is C24H23N5O4S. The number of rotatable bonds is 8. The first-order chi connectivity index (χ1) is 16.4. The van der Waals surface area contributed by atoms with E-state index in [0.29, 0.717) is 17.1 Å². The lowest BCUT2D eigenvalue weighted by Crippen LogP contribution is -2.30. The number of nitrogens with one attached hydrogen (secondary N) is 1. The van der Waals surface area contributed by atoms with Crippen molar-refractivity contribution in [3.63, 3.8) is 0 Å². The Morgan fingerprint density at radius 3 is 2.35 bits per heavy atom. The molecule has 0 aliphatic rings. The van der Waals surface area contributed by atoms with Crippen molar-refractivity contribution in [3.05, 3.63) is 90.8 Å². The minimum atomic E-state index is -3.89. The van der Waals surface area contributed by atoms with Crippen molar-refractivity contribution in [1.29, 1.82) is 0 Å². The van der Waals surface area contributed by atoms with Crippen molar-refractivity contribution >= 4 is 27.3 Å². The second-order valence-corrected chi connectivity index (χ2v) is 9.04. The Hall–Kier alpha value is -4.18. The van der Waals surface area contributed by atoms with Gasteiger partial charge in [-0.1, -0.05) is 36.4 Å². The molecule has 9 nitrogen and oxygen atoms in total. The maximum absolute atomic E-state index is 13.4. The van der Waals surface area contributed by atoms with Crippen molar-refractivity contribution < 1.29 is 17.9 Å². The van der Waals surface area contributed by atoms with E-state index in [1.54, 1.807) is 31.2 Å². The van der Waals surface area contributed by atoms with Gasteiger partial charge in [-0.15, -0.1) is 5.10 Å². The minimum Gasteiger partial charge on any atom is -0.495 e. The van der Waals surface area contributed by atoms with Gasteiger partial charge in [0.15, 0.2) is 5.69 Å². The van der Waals surface area contributed by atoms with E-state index in [-0.39, 0.29) is 22.8 Å². The summed E-state index contributed by atoms with van der Waals surface area (Å²) in [5, 5.41) is 11.0. The second-order valence-electron chi connectivity index (χ2n) is 7.18. The zero-order chi connectivity index (χ0) is 24.1. The van der Waals surface area contributed by atoms with Gasteiger partial charge in [-0.2, -0.15) is 9.90 Å². The van der Waals surface area contributed by atoms with E-state index < -0.39 is 15.9 Å². The first-order valence-electron chi connectivity index (χ1n) is 10.5. The van der Waals surface area contributed by atoms with Gasteiger partial charge in [0, 0.05) is 6.54 Å². The predicted molar refractivity (Wildman–Crippen MR) is 129 cm³/mol. The molecule has 4 rings (SSSR count). The monoisotopic (exact) mass is 477 g/mol. The van der Waals surface area contributed by atoms with E-state index in [4.69, 9.17) is 4.74 Å². The number of aromatic nitrogens is 3. The van der Waals surface area contributed by atoms with Gasteiger partial charge >= 0.3 is 0 Å². The van der Waals surface area contributed by atoms with Gasteiger partial charge in [0.05, 0.1) is 35.3 Å². The third kappa shape index (κ3) is 4.62. The molecule has 1 N–H and O–H groups in total. The topological polar surface area (TPSA) is 106 Å². The molecule has 1 aromatic heterocycles. The molecule has 0 fully saturated rings. The molecule has 3 aromatic carbocycles. The average molecular weight is 478 g/mol. The Labute approximate surface area is 197 Å². The smallest absolute Gasteiger partial charge is 0.277 e. The first kappa shape index (κ1) is 23.0. The molecule has 4 aromatic rings. The largest absolute Gasteiger partial charge is 0.495 e. The molecule has 0 saturated heterocycles. The highest BCUT2D eigenvalue weighted by Gasteiger charge is 2.25. The molecule has 0 saturated carbocycles. The number of benzene rings is 3. The summed E-state index contributed by atoms with van der Waals surface area (Å²) in [5.74, 6) is -0.240. The van der Waals surface area contributed by atoms with Crippen molar-refractivity contribution in [1.82, 2.24) is 15.0 Å². The summed E-state index contributed by atoms with van der Waals surface area (Å²) in [6.07, 6.45) is 1.34. The molecule has 0 aliphatic heterocycles. The van der Waals surface area contributed by atoms with Crippen LogP contribution in [-0.2, 0) is 10.0 Å². The van der Waals surface area contributed by atoms with Crippen LogP contribution < -0.4 is 14.4 Å². The zero-order valence-electron chi connectivity index (χ0n) is 18.6. The van der Waals surface area contributed by atoms with Gasteiger partial charge in [-0.05, 0) is 49.4 Å². The third-order valence-electron chi connectivity index (χ3n) is 5.05. The predicted octanol–water partition coefficient (Wildman–Crippen LogP) is 3.74. The highest BCUT2D eigenvalue weighted by atomic mass is 32.2. The molecule has 34 heavy (non-hydrogen) atoms. The summed E-state index contributed by atoms with van der Waals surface area (Å²) >= 11 is 0. The summed E-state index contributed by atoms with van der Waals surface area (Å²) in [6.45, 7) is 2.00. The SMILES string of the molecule is CCN(c1ccccc1)S(=O)(=O)c1ccc(OC)c(NC(=O)c2cnn(-c3ccccc3)n2)c1. The summed E-state index contributed by atoms with van der Waals surface area (Å²) in [7, 11) is -2.45. The van der Waals surface area contributed by atoms with E-state index in [0.717, 1.165) is 0 Å². The van der Waals surface area contributed by atoms with Crippen molar-refractivity contribution in [2.75, 3.05) is 23.3 Å². The highest BCUT2D eigenvalue weighted by Crippen LogP contribution is 2.31. The molecule has 0 atom stereocenters. The van der Waals surface area contributed by atoms with Gasteiger partial charge in [-0.3, -0.25) is 9.10 Å². The van der Waals surface area contributed by atoms with E-state index in [9.17, 15) is 13.2 Å². The molecular weight excluding hydrogens is 454 g/mol. The maximum Gasteiger partial charge on any atom is 0.277 e. The van der Waals surface area contributed by atoms with Crippen LogP contribution in [0, 0.1) is 0 Å². The number of sulfonamides is 1. The van der Waals surface area contributed by atoms with Crippen molar-refractivity contribution in [2.24, 2.45) is 0 Å². The van der Waals surface area contributed by atoms with E-state index in [1.165, 1.54) is 40.6 Å². The molecule has 174 valence electrons. The molecule has 1 heterocycles. The second kappa shape index (κ2) is 9.75. The fourth-order valence-electron chi connectivity index (χ4n) is 3.40. The van der Waals surface area contributed by atoms with Crippen LogP contribution in [0.2, 0.25) is 0 Å². The number of para-hydroxylation sites is 2. The van der Waals surface area contributed by atoms with Gasteiger partial charge in [0.25, 0.3) is 15.9 Å². The average Bonchev–Trinajstić information content (AvgIpc) is 3.36. The lowest BCUT2D eigenvalue weighted by Gasteiger charge is -2.23. The quantitative estimate of drug-likeness (QED) is 0.414. The third-order valence-corrected chi connectivity index (χ3v) is 6.95. The van der Waals surface area contributed by atoms with Crippen LogP contribution >= 0.6 is 0 Å². The fraction of sp³-hybridized carbons (Fsp3) is 0.125. The lowest BCUT2D eigenvalue weighted by atomic mass is 10.3. The summed E-state index contributed by atoms with van der Waals surface area (Å²) < 4.78 is 33.4. The van der Waals surface area contributed by atoms with Gasteiger partial charge in [0.2, 0.25) is 0 Å². The van der Waals surface area contributed by atoms with Crippen LogP contribution in [0.15, 0.2) is 90.0 Å². The van der Waals surface area contributed by atoms with Gasteiger partial charge in [-0.25, -0.2) is 8.42 Å². The Bertz CT molecular complexity index is 1390. The fourth-order valence-corrected chi connectivity index (χ4v) is 4.90. The van der Waals surface area contributed by atoms with Crippen molar-refractivity contribution in [2.45, 2.75) is 11.8 Å². The number of hydrogen-bond acceptors (Lipinski definition) is 6. The molecule has 0 radical (unpaired) electrons. The Morgan fingerprint density at radius 2 is 1.71 bits per heavy atom.